The van der Waals surface area contributed by atoms with Crippen LogP contribution in [-0.2, 0) is 0 Å². The number of hydrogen-bond donors (Lipinski definition) is 0. The molecule has 1 nitrogen and oxygen atoms in total. The highest BCUT2D eigenvalue weighted by molar-refractivity contribution is 5.05. The van der Waals surface area contributed by atoms with Crippen molar-refractivity contribution in [2.24, 2.45) is 5.92 Å². The first-order chi connectivity index (χ1) is 4.62. The van der Waals surface area contributed by atoms with Crippen LogP contribution in [-0.4, -0.2) is 23.0 Å². The van der Waals surface area contributed by atoms with Gasteiger partial charge < -0.3 is 0 Å². The second-order valence-corrected chi connectivity index (χ2v) is 4.43. The predicted octanol–water partition coefficient (Wildman–Crippen LogP) is 1.88. The first-order valence-electron chi connectivity index (χ1n) is 4.39. The third-order valence-corrected chi connectivity index (χ3v) is 3.62. The SMILES string of the molecule is CC1CCC2CN1C2(C)C. The van der Waals surface area contributed by atoms with Gasteiger partial charge in [0.25, 0.3) is 0 Å². The van der Waals surface area contributed by atoms with Gasteiger partial charge in [0, 0.05) is 18.1 Å². The van der Waals surface area contributed by atoms with Crippen molar-refractivity contribution < 1.29 is 0 Å². The summed E-state index contributed by atoms with van der Waals surface area (Å²) in [5.74, 6) is 1.00. The summed E-state index contributed by atoms with van der Waals surface area (Å²) >= 11 is 0. The summed E-state index contributed by atoms with van der Waals surface area (Å²) in [4.78, 5) is 2.64. The van der Waals surface area contributed by atoms with E-state index in [1.165, 1.54) is 19.4 Å². The molecule has 0 amide bonds. The zero-order valence-electron chi connectivity index (χ0n) is 7.22. The van der Waals surface area contributed by atoms with Crippen molar-refractivity contribution in [3.63, 3.8) is 0 Å². The lowest BCUT2D eigenvalue weighted by Crippen LogP contribution is -2.69. The first-order valence-corrected chi connectivity index (χ1v) is 4.39. The van der Waals surface area contributed by atoms with Gasteiger partial charge in [-0.1, -0.05) is 0 Å². The molecule has 0 spiro atoms. The molecule has 58 valence electrons. The van der Waals surface area contributed by atoms with E-state index in [-0.39, 0.29) is 0 Å². The molecule has 2 bridgehead atoms. The number of rotatable bonds is 0. The lowest BCUT2D eigenvalue weighted by Gasteiger charge is -2.62. The fraction of sp³-hybridized carbons (Fsp3) is 1.00. The van der Waals surface area contributed by atoms with E-state index in [1.807, 2.05) is 0 Å². The van der Waals surface area contributed by atoms with Gasteiger partial charge in [0.05, 0.1) is 0 Å². The van der Waals surface area contributed by atoms with Crippen molar-refractivity contribution in [2.45, 2.75) is 45.2 Å². The molecule has 3 fully saturated rings. The van der Waals surface area contributed by atoms with Crippen LogP contribution in [0, 0.1) is 5.92 Å². The Morgan fingerprint density at radius 2 is 2.00 bits per heavy atom. The van der Waals surface area contributed by atoms with Crippen LogP contribution in [0.3, 0.4) is 0 Å². The first kappa shape index (κ1) is 6.66. The largest absolute Gasteiger partial charge is 0.295 e. The standard InChI is InChI=1S/C9H17N/c1-7-4-5-8-6-10(7)9(8,2)3/h7-8H,4-6H2,1-3H3. The molecule has 0 aromatic carbocycles. The Balaban J connectivity index is 2.16. The molecule has 0 saturated carbocycles. The highest BCUT2D eigenvalue weighted by Crippen LogP contribution is 2.45. The van der Waals surface area contributed by atoms with E-state index in [0.717, 1.165) is 12.0 Å². The average Bonchev–Trinajstić information content (AvgIpc) is 1.87. The zero-order chi connectivity index (χ0) is 7.35. The minimum absolute atomic E-state index is 0.539. The molecule has 3 heterocycles. The normalized spacial score (nSPS) is 50.1. The number of fused-ring (bicyclic) bond motifs is 2. The van der Waals surface area contributed by atoms with E-state index in [1.54, 1.807) is 0 Å². The minimum Gasteiger partial charge on any atom is -0.295 e. The Morgan fingerprint density at radius 1 is 1.30 bits per heavy atom. The fourth-order valence-corrected chi connectivity index (χ4v) is 2.61. The van der Waals surface area contributed by atoms with Crippen molar-refractivity contribution in [3.8, 4) is 0 Å². The molecule has 3 unspecified atom stereocenters. The minimum atomic E-state index is 0.539. The predicted molar refractivity (Wildman–Crippen MR) is 43.0 cm³/mol. The van der Waals surface area contributed by atoms with Crippen molar-refractivity contribution in [3.05, 3.63) is 0 Å². The maximum atomic E-state index is 2.64. The van der Waals surface area contributed by atoms with E-state index in [2.05, 4.69) is 25.7 Å². The molecule has 3 rings (SSSR count). The van der Waals surface area contributed by atoms with E-state index < -0.39 is 0 Å². The molecule has 3 aliphatic rings. The Morgan fingerprint density at radius 3 is 2.30 bits per heavy atom. The molecule has 0 N–H and O–H groups in total. The summed E-state index contributed by atoms with van der Waals surface area (Å²) < 4.78 is 0. The van der Waals surface area contributed by atoms with Crippen molar-refractivity contribution >= 4 is 0 Å². The summed E-state index contributed by atoms with van der Waals surface area (Å²) in [5.41, 5.74) is 0.539. The summed E-state index contributed by atoms with van der Waals surface area (Å²) in [7, 11) is 0. The summed E-state index contributed by atoms with van der Waals surface area (Å²) in [6.07, 6.45) is 2.89. The van der Waals surface area contributed by atoms with Crippen LogP contribution in [0.25, 0.3) is 0 Å². The van der Waals surface area contributed by atoms with Crippen LogP contribution < -0.4 is 0 Å². The lowest BCUT2D eigenvalue weighted by molar-refractivity contribution is -0.124. The van der Waals surface area contributed by atoms with Crippen molar-refractivity contribution in [1.29, 1.82) is 0 Å². The van der Waals surface area contributed by atoms with Crippen LogP contribution in [0.2, 0.25) is 0 Å². The summed E-state index contributed by atoms with van der Waals surface area (Å²) in [6.45, 7) is 8.50. The molecule has 3 saturated heterocycles. The van der Waals surface area contributed by atoms with Gasteiger partial charge in [-0.25, -0.2) is 0 Å². The maximum Gasteiger partial charge on any atom is 0.0196 e. The monoisotopic (exact) mass is 139 g/mol. The Labute approximate surface area is 63.4 Å². The van der Waals surface area contributed by atoms with Gasteiger partial charge in [0.1, 0.15) is 0 Å². The van der Waals surface area contributed by atoms with Gasteiger partial charge in [-0.05, 0) is 39.5 Å². The van der Waals surface area contributed by atoms with E-state index >= 15 is 0 Å². The molecule has 0 aliphatic carbocycles. The smallest absolute Gasteiger partial charge is 0.0196 e. The third-order valence-electron chi connectivity index (χ3n) is 3.62. The van der Waals surface area contributed by atoms with Crippen molar-refractivity contribution in [2.75, 3.05) is 6.54 Å². The maximum absolute atomic E-state index is 2.64. The number of nitrogens with zero attached hydrogens (tertiary/aromatic N) is 1. The molecule has 0 aromatic heterocycles. The van der Waals surface area contributed by atoms with Gasteiger partial charge in [-0.3, -0.25) is 4.90 Å². The Hall–Kier alpha value is -0.0400. The van der Waals surface area contributed by atoms with Crippen LogP contribution in [0.4, 0.5) is 0 Å². The topological polar surface area (TPSA) is 3.24 Å². The molecule has 3 atom stereocenters. The molecule has 0 aromatic rings. The third kappa shape index (κ3) is 0.619. The molecule has 0 radical (unpaired) electrons. The molecule has 1 heteroatoms. The highest BCUT2D eigenvalue weighted by Gasteiger charge is 2.50. The van der Waals surface area contributed by atoms with Crippen LogP contribution in [0.15, 0.2) is 0 Å². The Bertz CT molecular complexity index is 149. The second kappa shape index (κ2) is 1.76. The number of piperidine rings is 2. The molecular formula is C9H17N. The van der Waals surface area contributed by atoms with Gasteiger partial charge in [-0.15, -0.1) is 0 Å². The van der Waals surface area contributed by atoms with Gasteiger partial charge in [-0.2, -0.15) is 0 Å². The zero-order valence-corrected chi connectivity index (χ0v) is 7.22. The van der Waals surface area contributed by atoms with Gasteiger partial charge in [0.15, 0.2) is 0 Å². The summed E-state index contributed by atoms with van der Waals surface area (Å²) in [6, 6.07) is 0.847. The molecule has 3 aliphatic heterocycles. The second-order valence-electron chi connectivity index (χ2n) is 4.43. The van der Waals surface area contributed by atoms with E-state index in [4.69, 9.17) is 0 Å². The summed E-state index contributed by atoms with van der Waals surface area (Å²) in [5, 5.41) is 0. The van der Waals surface area contributed by atoms with Gasteiger partial charge in [0.2, 0.25) is 0 Å². The van der Waals surface area contributed by atoms with Gasteiger partial charge >= 0.3 is 0 Å². The molecule has 10 heavy (non-hydrogen) atoms. The van der Waals surface area contributed by atoms with Crippen LogP contribution in [0.5, 0.6) is 0 Å². The van der Waals surface area contributed by atoms with Crippen molar-refractivity contribution in [1.82, 2.24) is 4.90 Å². The van der Waals surface area contributed by atoms with Crippen LogP contribution >= 0.6 is 0 Å². The highest BCUT2D eigenvalue weighted by atomic mass is 15.3. The Kier molecular flexibility index (Phi) is 1.17. The van der Waals surface area contributed by atoms with E-state index in [9.17, 15) is 0 Å². The number of hydrogen-bond acceptors (Lipinski definition) is 1. The lowest BCUT2D eigenvalue weighted by atomic mass is 9.68. The quantitative estimate of drug-likeness (QED) is 0.495. The fourth-order valence-electron chi connectivity index (χ4n) is 2.61. The molecular weight excluding hydrogens is 122 g/mol. The van der Waals surface area contributed by atoms with E-state index in [0.29, 0.717) is 5.54 Å². The van der Waals surface area contributed by atoms with Crippen LogP contribution in [0.1, 0.15) is 33.6 Å². The average molecular weight is 139 g/mol.